The molecule has 0 aliphatic heterocycles. The molecule has 1 aliphatic rings. The second-order valence-corrected chi connectivity index (χ2v) is 7.67. The quantitative estimate of drug-likeness (QED) is 0.458. The largest absolute Gasteiger partial charge is 0.0751 e. The lowest BCUT2D eigenvalue weighted by atomic mass is 9.91. The Morgan fingerprint density at radius 3 is 1.63 bits per heavy atom. The van der Waals surface area contributed by atoms with Crippen LogP contribution in [0, 0.1) is 5.41 Å². The second-order valence-electron chi connectivity index (χ2n) is 7.67. The monoisotopic (exact) mass is 348 g/mol. The van der Waals surface area contributed by atoms with Gasteiger partial charge in [-0.25, -0.2) is 0 Å². The summed E-state index contributed by atoms with van der Waals surface area (Å²) < 4.78 is 0. The SMILES string of the molecule is CC1(C)C=CC=C(c2cc(-c3ccccc3)cc(-c3ccccc3)c2)C=C1. The van der Waals surface area contributed by atoms with Crippen LogP contribution in [0.5, 0.6) is 0 Å². The van der Waals surface area contributed by atoms with Crippen LogP contribution in [0.4, 0.5) is 0 Å². The van der Waals surface area contributed by atoms with Crippen molar-refractivity contribution < 1.29 is 0 Å². The predicted octanol–water partition coefficient (Wildman–Crippen LogP) is 7.56. The van der Waals surface area contributed by atoms with Gasteiger partial charge in [0.15, 0.2) is 0 Å². The van der Waals surface area contributed by atoms with Gasteiger partial charge < -0.3 is 0 Å². The summed E-state index contributed by atoms with van der Waals surface area (Å²) in [6, 6.07) is 28.1. The van der Waals surface area contributed by atoms with E-state index in [0.717, 1.165) is 0 Å². The Labute approximate surface area is 162 Å². The molecule has 0 atom stereocenters. The van der Waals surface area contributed by atoms with E-state index < -0.39 is 0 Å². The Morgan fingerprint density at radius 2 is 1.07 bits per heavy atom. The Bertz CT molecular complexity index is 958. The Hall–Kier alpha value is -3.12. The number of hydrogen-bond donors (Lipinski definition) is 0. The third kappa shape index (κ3) is 4.01. The molecule has 0 unspecified atom stereocenters. The standard InChI is InChI=1S/C27H24/c1-27(2)16-9-14-23(15-17-27)26-19-24(21-10-5-3-6-11-21)18-25(20-26)22-12-7-4-8-13-22/h3-20H,1-2H3. The van der Waals surface area contributed by atoms with Gasteiger partial charge in [0.05, 0.1) is 0 Å². The zero-order valence-electron chi connectivity index (χ0n) is 15.9. The average molecular weight is 348 g/mol. The van der Waals surface area contributed by atoms with Crippen LogP contribution >= 0.6 is 0 Å². The fraction of sp³-hybridized carbons (Fsp3) is 0.111. The van der Waals surface area contributed by atoms with Gasteiger partial charge >= 0.3 is 0 Å². The third-order valence-corrected chi connectivity index (χ3v) is 4.97. The molecule has 0 spiro atoms. The summed E-state index contributed by atoms with van der Waals surface area (Å²) in [6.07, 6.45) is 11.2. The van der Waals surface area contributed by atoms with E-state index >= 15 is 0 Å². The highest BCUT2D eigenvalue weighted by atomic mass is 14.2. The highest BCUT2D eigenvalue weighted by Crippen LogP contribution is 2.33. The van der Waals surface area contributed by atoms with Gasteiger partial charge in [-0.3, -0.25) is 0 Å². The molecule has 0 amide bonds. The highest BCUT2D eigenvalue weighted by molar-refractivity contribution is 5.84. The van der Waals surface area contributed by atoms with Gasteiger partial charge in [0.25, 0.3) is 0 Å². The van der Waals surface area contributed by atoms with E-state index in [4.69, 9.17) is 0 Å². The Morgan fingerprint density at radius 1 is 0.556 bits per heavy atom. The predicted molar refractivity (Wildman–Crippen MR) is 117 cm³/mol. The zero-order chi connectivity index (χ0) is 18.7. The van der Waals surface area contributed by atoms with E-state index in [0.29, 0.717) is 0 Å². The lowest BCUT2D eigenvalue weighted by Gasteiger charge is -2.13. The van der Waals surface area contributed by atoms with Gasteiger partial charge in [-0.1, -0.05) is 105 Å². The van der Waals surface area contributed by atoms with Gasteiger partial charge in [-0.05, 0) is 51.6 Å². The minimum atomic E-state index is 0.0809. The van der Waals surface area contributed by atoms with Crippen LogP contribution < -0.4 is 0 Å². The fourth-order valence-electron chi connectivity index (χ4n) is 3.40. The van der Waals surface area contributed by atoms with Crippen molar-refractivity contribution in [2.45, 2.75) is 13.8 Å². The number of benzene rings is 3. The van der Waals surface area contributed by atoms with Crippen molar-refractivity contribution in [1.29, 1.82) is 0 Å². The molecule has 3 aromatic carbocycles. The summed E-state index contributed by atoms with van der Waals surface area (Å²) in [4.78, 5) is 0. The molecule has 0 bridgehead atoms. The molecular formula is C27H24. The minimum Gasteiger partial charge on any atom is -0.0751 e. The summed E-state index contributed by atoms with van der Waals surface area (Å²) >= 11 is 0. The normalized spacial score (nSPS) is 15.3. The summed E-state index contributed by atoms with van der Waals surface area (Å²) in [5.74, 6) is 0. The van der Waals surface area contributed by atoms with Crippen molar-refractivity contribution in [3.8, 4) is 22.3 Å². The number of allylic oxidation sites excluding steroid dienone is 6. The van der Waals surface area contributed by atoms with Gasteiger partial charge in [-0.2, -0.15) is 0 Å². The van der Waals surface area contributed by atoms with Gasteiger partial charge in [0, 0.05) is 5.41 Å². The molecule has 0 heteroatoms. The third-order valence-electron chi connectivity index (χ3n) is 4.97. The molecule has 0 nitrogen and oxygen atoms in total. The van der Waals surface area contributed by atoms with Crippen molar-refractivity contribution >= 4 is 5.57 Å². The van der Waals surface area contributed by atoms with E-state index in [1.807, 2.05) is 0 Å². The molecule has 4 rings (SSSR count). The van der Waals surface area contributed by atoms with E-state index in [2.05, 4.69) is 123 Å². The highest BCUT2D eigenvalue weighted by Gasteiger charge is 2.12. The van der Waals surface area contributed by atoms with E-state index in [1.165, 1.54) is 33.4 Å². The summed E-state index contributed by atoms with van der Waals surface area (Å²) in [6.45, 7) is 4.46. The number of hydrogen-bond acceptors (Lipinski definition) is 0. The smallest absolute Gasteiger partial charge is 0.00109 e. The van der Waals surface area contributed by atoms with Crippen molar-refractivity contribution in [2.24, 2.45) is 5.41 Å². The van der Waals surface area contributed by atoms with Gasteiger partial charge in [0.1, 0.15) is 0 Å². The summed E-state index contributed by atoms with van der Waals surface area (Å²) in [5.41, 5.74) is 7.54. The molecule has 0 aromatic heterocycles. The van der Waals surface area contributed by atoms with Crippen LogP contribution in [0.1, 0.15) is 19.4 Å². The first-order chi connectivity index (χ1) is 13.1. The molecule has 0 fully saturated rings. The van der Waals surface area contributed by atoms with Crippen LogP contribution in [0.2, 0.25) is 0 Å². The molecule has 132 valence electrons. The molecule has 0 radical (unpaired) electrons. The van der Waals surface area contributed by atoms with Crippen LogP contribution in [0.15, 0.2) is 109 Å². The first-order valence-electron chi connectivity index (χ1n) is 9.46. The first kappa shape index (κ1) is 17.3. The van der Waals surface area contributed by atoms with Gasteiger partial charge in [-0.15, -0.1) is 0 Å². The van der Waals surface area contributed by atoms with E-state index in [9.17, 15) is 0 Å². The number of rotatable bonds is 3. The lowest BCUT2D eigenvalue weighted by Crippen LogP contribution is -2.00. The maximum absolute atomic E-state index is 2.30. The van der Waals surface area contributed by atoms with Crippen LogP contribution in [0.3, 0.4) is 0 Å². The molecule has 0 saturated carbocycles. The molecule has 0 N–H and O–H groups in total. The van der Waals surface area contributed by atoms with Crippen molar-refractivity contribution in [3.63, 3.8) is 0 Å². The molecule has 1 aliphatic carbocycles. The van der Waals surface area contributed by atoms with Crippen LogP contribution in [-0.2, 0) is 0 Å². The summed E-state index contributed by atoms with van der Waals surface area (Å²) in [5, 5.41) is 0. The molecule has 27 heavy (non-hydrogen) atoms. The average Bonchev–Trinajstić information content (AvgIpc) is 2.89. The van der Waals surface area contributed by atoms with Crippen molar-refractivity contribution in [2.75, 3.05) is 0 Å². The minimum absolute atomic E-state index is 0.0809. The lowest BCUT2D eigenvalue weighted by molar-refractivity contribution is 0.627. The topological polar surface area (TPSA) is 0 Å². The summed E-state index contributed by atoms with van der Waals surface area (Å²) in [7, 11) is 0. The fourth-order valence-corrected chi connectivity index (χ4v) is 3.40. The first-order valence-corrected chi connectivity index (χ1v) is 9.46. The van der Waals surface area contributed by atoms with Gasteiger partial charge in [0.2, 0.25) is 0 Å². The Balaban J connectivity index is 1.87. The van der Waals surface area contributed by atoms with Crippen LogP contribution in [0.25, 0.3) is 27.8 Å². The maximum Gasteiger partial charge on any atom is 0.00109 e. The van der Waals surface area contributed by atoms with E-state index in [-0.39, 0.29) is 5.41 Å². The van der Waals surface area contributed by atoms with E-state index in [1.54, 1.807) is 0 Å². The van der Waals surface area contributed by atoms with Crippen LogP contribution in [-0.4, -0.2) is 0 Å². The maximum atomic E-state index is 2.30. The molecular weight excluding hydrogens is 324 g/mol. The second kappa shape index (κ2) is 7.25. The molecule has 0 saturated heterocycles. The zero-order valence-corrected chi connectivity index (χ0v) is 15.9. The van der Waals surface area contributed by atoms with Crippen molar-refractivity contribution in [1.82, 2.24) is 0 Å². The van der Waals surface area contributed by atoms with Crippen molar-refractivity contribution in [3.05, 3.63) is 115 Å². The molecule has 3 aromatic rings. The molecule has 0 heterocycles. The Kier molecular flexibility index (Phi) is 4.64.